The number of aromatic nitrogens is 2. The van der Waals surface area contributed by atoms with E-state index in [9.17, 15) is 4.79 Å². The van der Waals surface area contributed by atoms with Gasteiger partial charge in [0.05, 0.1) is 11.9 Å². The summed E-state index contributed by atoms with van der Waals surface area (Å²) in [7, 11) is 0. The summed E-state index contributed by atoms with van der Waals surface area (Å²) < 4.78 is 0. The molecule has 1 aromatic carbocycles. The van der Waals surface area contributed by atoms with Crippen molar-refractivity contribution in [3.05, 3.63) is 56.4 Å². The Morgan fingerprint density at radius 1 is 1.35 bits per heavy atom. The monoisotopic (exact) mass is 410 g/mol. The van der Waals surface area contributed by atoms with Crippen LogP contribution >= 0.6 is 34.8 Å². The number of nitrogens with one attached hydrogen (secondary N) is 3. The minimum Gasteiger partial charge on any atom is -0.396 e. The Labute approximate surface area is 164 Å². The van der Waals surface area contributed by atoms with Gasteiger partial charge in [0.25, 0.3) is 10.8 Å². The second-order valence-electron chi connectivity index (χ2n) is 5.49. The van der Waals surface area contributed by atoms with Gasteiger partial charge in [0.2, 0.25) is 0 Å². The summed E-state index contributed by atoms with van der Waals surface area (Å²) in [6, 6.07) is 6.03. The first kappa shape index (κ1) is 18.5. The molecule has 0 unspecified atom stereocenters. The Hall–Kier alpha value is -2.28. The number of nitrogens with two attached hydrogens (primary N) is 1. The average molecular weight is 412 g/mol. The number of H-pyrrole nitrogens is 2. The molecule has 0 bridgehead atoms. The smallest absolute Gasteiger partial charge is 0.337 e. The third-order valence-electron chi connectivity index (χ3n) is 3.93. The fraction of sp³-hybridized carbons (Fsp3) is 0.118. The second-order valence-corrected chi connectivity index (χ2v) is 6.63. The Balaban J connectivity index is 1.83. The number of aryl methyl sites for hydroxylation is 1. The summed E-state index contributed by atoms with van der Waals surface area (Å²) in [6.45, 7) is 2.09. The van der Waals surface area contributed by atoms with Crippen LogP contribution in [0, 0.1) is 0 Å². The first-order valence-electron chi connectivity index (χ1n) is 7.71. The van der Waals surface area contributed by atoms with E-state index < -0.39 is 5.91 Å². The Morgan fingerprint density at radius 2 is 2.12 bits per heavy atom. The van der Waals surface area contributed by atoms with Crippen LogP contribution in [0.2, 0.25) is 15.2 Å². The fourth-order valence-electron chi connectivity index (χ4n) is 2.58. The van der Waals surface area contributed by atoms with Crippen LogP contribution in [0.1, 0.15) is 28.5 Å². The molecule has 2 heterocycles. The number of anilines is 1. The summed E-state index contributed by atoms with van der Waals surface area (Å²) in [5.41, 5.74) is 11.2. The van der Waals surface area contributed by atoms with Crippen molar-refractivity contribution < 1.29 is 9.78 Å². The van der Waals surface area contributed by atoms with Crippen LogP contribution in [0.4, 0.5) is 5.69 Å². The van der Waals surface area contributed by atoms with E-state index in [1.54, 1.807) is 6.21 Å². The van der Waals surface area contributed by atoms with Gasteiger partial charge in [0.1, 0.15) is 10.0 Å². The first-order valence-corrected chi connectivity index (χ1v) is 8.85. The lowest BCUT2D eigenvalue weighted by Crippen LogP contribution is -2.28. The fourth-order valence-corrected chi connectivity index (χ4v) is 3.20. The van der Waals surface area contributed by atoms with E-state index >= 15 is 0 Å². The zero-order valence-corrected chi connectivity index (χ0v) is 15.9. The predicted octanol–water partition coefficient (Wildman–Crippen LogP) is 3.85. The van der Waals surface area contributed by atoms with Gasteiger partial charge in [0, 0.05) is 22.7 Å². The summed E-state index contributed by atoms with van der Waals surface area (Å²) in [4.78, 5) is 18.1. The molecule has 6 nitrogen and oxygen atoms in total. The van der Waals surface area contributed by atoms with Crippen molar-refractivity contribution >= 4 is 63.5 Å². The van der Waals surface area contributed by atoms with E-state index in [0.717, 1.165) is 22.9 Å². The molecule has 0 aliphatic rings. The van der Waals surface area contributed by atoms with E-state index in [1.807, 2.05) is 18.3 Å². The number of pyridine rings is 1. The molecule has 134 valence electrons. The zero-order chi connectivity index (χ0) is 18.8. The molecule has 0 atom stereocenters. The third-order valence-corrected chi connectivity index (χ3v) is 5.10. The van der Waals surface area contributed by atoms with Gasteiger partial charge in [-0.05, 0) is 23.6 Å². The maximum atomic E-state index is 12.3. The number of carbonyl (C=O) groups excluding carboxylic acids is 1. The minimum absolute atomic E-state index is 0.0198. The molecule has 0 aliphatic heterocycles. The van der Waals surface area contributed by atoms with Gasteiger partial charge >= 0.3 is 5.91 Å². The number of hydrogen-bond acceptors (Lipinski definition) is 3. The highest BCUT2D eigenvalue weighted by molar-refractivity contribution is 6.45. The van der Waals surface area contributed by atoms with Gasteiger partial charge < -0.3 is 10.7 Å². The highest BCUT2D eigenvalue weighted by Gasteiger charge is 2.25. The van der Waals surface area contributed by atoms with Crippen molar-refractivity contribution in [2.24, 2.45) is 5.10 Å². The quantitative estimate of drug-likeness (QED) is 0.345. The number of benzene rings is 1. The lowest BCUT2D eigenvalue weighted by Gasteiger charge is -2.02. The molecule has 1 amide bonds. The third kappa shape index (κ3) is 3.35. The lowest BCUT2D eigenvalue weighted by atomic mass is 10.1. The van der Waals surface area contributed by atoms with Crippen molar-refractivity contribution in [3.8, 4) is 0 Å². The summed E-state index contributed by atoms with van der Waals surface area (Å²) in [6.07, 6.45) is 4.29. The number of carbonyl (C=O) groups is 1. The molecular weight excluding hydrogens is 397 g/mol. The molecular formula is C17H15Cl3N5O+. The molecule has 0 fully saturated rings. The van der Waals surface area contributed by atoms with Crippen LogP contribution in [-0.2, 0) is 6.42 Å². The van der Waals surface area contributed by atoms with Crippen LogP contribution in [0.3, 0.4) is 0 Å². The number of hydrogen-bond donors (Lipinski definition) is 3. The van der Waals surface area contributed by atoms with Gasteiger partial charge in [0.15, 0.2) is 0 Å². The number of halogens is 3. The zero-order valence-electron chi connectivity index (χ0n) is 13.7. The predicted molar refractivity (Wildman–Crippen MR) is 105 cm³/mol. The van der Waals surface area contributed by atoms with Crippen LogP contribution in [0.5, 0.6) is 0 Å². The average Bonchev–Trinajstić information content (AvgIpc) is 3.06. The second kappa shape index (κ2) is 7.53. The Bertz CT molecular complexity index is 1030. The van der Waals surface area contributed by atoms with Crippen LogP contribution < -0.4 is 16.1 Å². The number of hydrazone groups is 1. The highest BCUT2D eigenvalue weighted by atomic mass is 35.5. The van der Waals surface area contributed by atoms with Crippen LogP contribution in [-0.4, -0.2) is 17.1 Å². The number of nitrogens with zero attached hydrogens (tertiary/aromatic N) is 1. The maximum Gasteiger partial charge on any atom is 0.337 e. The standard InChI is InChI=1S/C17H14Cl3N5O/c1-2-8-4-3-5-10-9(6-22-14(8)10)7-23-25-17(26)15-11(18)13(21)12(19)16(20)24-15/h3-7,22H,2H2,1H3,(H2,21,24)(H,25,26)/p+1/b23-7+. The van der Waals surface area contributed by atoms with E-state index in [0.29, 0.717) is 0 Å². The summed E-state index contributed by atoms with van der Waals surface area (Å²) >= 11 is 17.8. The maximum absolute atomic E-state index is 12.3. The molecule has 0 saturated carbocycles. The SMILES string of the molecule is CCc1cccc2c(/C=N/NC(=O)c3[nH+]c(Cl)c(Cl)c(N)c3Cl)c[nH]c12. The van der Waals surface area contributed by atoms with E-state index in [-0.39, 0.29) is 26.6 Å². The van der Waals surface area contributed by atoms with Crippen molar-refractivity contribution in [2.75, 3.05) is 5.73 Å². The van der Waals surface area contributed by atoms with Crippen molar-refractivity contribution in [1.29, 1.82) is 0 Å². The number of aromatic amines is 2. The number of nitrogen functional groups attached to an aromatic ring is 1. The molecule has 0 radical (unpaired) electrons. The molecule has 9 heteroatoms. The van der Waals surface area contributed by atoms with Gasteiger partial charge in [-0.2, -0.15) is 10.1 Å². The number of rotatable bonds is 4. The highest BCUT2D eigenvalue weighted by Crippen LogP contribution is 2.31. The van der Waals surface area contributed by atoms with E-state index in [1.165, 1.54) is 5.56 Å². The Kier molecular flexibility index (Phi) is 5.36. The van der Waals surface area contributed by atoms with Gasteiger partial charge in [-0.3, -0.25) is 4.79 Å². The molecule has 3 rings (SSSR count). The topological polar surface area (TPSA) is 97.4 Å². The molecule has 2 aromatic heterocycles. The van der Waals surface area contributed by atoms with Crippen molar-refractivity contribution in [1.82, 2.24) is 10.4 Å². The van der Waals surface area contributed by atoms with E-state index in [4.69, 9.17) is 40.5 Å². The molecule has 3 aromatic rings. The van der Waals surface area contributed by atoms with Crippen LogP contribution in [0.25, 0.3) is 10.9 Å². The molecule has 0 spiro atoms. The minimum atomic E-state index is -0.592. The molecule has 5 N–H and O–H groups in total. The largest absolute Gasteiger partial charge is 0.396 e. The molecule has 0 saturated heterocycles. The van der Waals surface area contributed by atoms with Crippen molar-refractivity contribution in [3.63, 3.8) is 0 Å². The van der Waals surface area contributed by atoms with E-state index in [2.05, 4.69) is 33.5 Å². The van der Waals surface area contributed by atoms with Gasteiger partial charge in [-0.1, -0.05) is 48.3 Å². The lowest BCUT2D eigenvalue weighted by molar-refractivity contribution is -0.379. The van der Waals surface area contributed by atoms with Gasteiger partial charge in [-0.15, -0.1) is 0 Å². The summed E-state index contributed by atoms with van der Waals surface area (Å²) in [5, 5.41) is 5.05. The molecule has 26 heavy (non-hydrogen) atoms. The number of para-hydroxylation sites is 1. The van der Waals surface area contributed by atoms with Crippen molar-refractivity contribution in [2.45, 2.75) is 13.3 Å². The first-order chi connectivity index (χ1) is 12.4. The number of amides is 1. The number of fused-ring (bicyclic) bond motifs is 1. The van der Waals surface area contributed by atoms with Crippen LogP contribution in [0.15, 0.2) is 29.5 Å². The van der Waals surface area contributed by atoms with Gasteiger partial charge in [-0.25, -0.2) is 5.43 Å². The molecule has 0 aliphatic carbocycles. The Morgan fingerprint density at radius 3 is 2.85 bits per heavy atom. The normalized spacial score (nSPS) is 11.4. The summed E-state index contributed by atoms with van der Waals surface area (Å²) in [5.74, 6) is -0.592.